The van der Waals surface area contributed by atoms with E-state index in [1.165, 1.54) is 0 Å². The van der Waals surface area contributed by atoms with Crippen LogP contribution in [-0.4, -0.2) is 24.9 Å². The molecule has 2 N–H and O–H groups in total. The average Bonchev–Trinajstić information content (AvgIpc) is 2.32. The number of aromatic nitrogens is 2. The van der Waals surface area contributed by atoms with Crippen LogP contribution in [0.3, 0.4) is 0 Å². The molecule has 11 heavy (non-hydrogen) atoms. The van der Waals surface area contributed by atoms with Gasteiger partial charge < -0.3 is 0 Å². The Balaban J connectivity index is 2.48. The predicted molar refractivity (Wildman–Crippen MR) is 40.3 cm³/mol. The quantitative estimate of drug-likeness (QED) is 0.647. The Kier molecular flexibility index (Phi) is 2.25. The van der Waals surface area contributed by atoms with E-state index in [1.807, 2.05) is 0 Å². The normalized spacial score (nSPS) is 11.7. The third-order valence-electron chi connectivity index (χ3n) is 1.08. The Hall–Kier alpha value is -0.880. The Morgan fingerprint density at radius 3 is 2.91 bits per heavy atom. The van der Waals surface area contributed by atoms with Crippen LogP contribution in [-0.2, 0) is 16.6 Å². The molecule has 0 aliphatic carbocycles. The van der Waals surface area contributed by atoms with Crippen LogP contribution in [0.4, 0.5) is 0 Å². The number of aromatic amines is 1. The highest BCUT2D eigenvalue weighted by Crippen LogP contribution is 1.90. The Labute approximate surface area is 64.9 Å². The third kappa shape index (κ3) is 3.15. The van der Waals surface area contributed by atoms with E-state index in [4.69, 9.17) is 0 Å². The van der Waals surface area contributed by atoms with Crippen LogP contribution in [0.15, 0.2) is 12.3 Å². The summed E-state index contributed by atoms with van der Waals surface area (Å²) in [6.45, 7) is 0.263. The zero-order valence-electron chi connectivity index (χ0n) is 6.03. The molecule has 0 aliphatic heterocycles. The van der Waals surface area contributed by atoms with E-state index in [0.717, 1.165) is 11.9 Å². The van der Waals surface area contributed by atoms with Gasteiger partial charge in [0.1, 0.15) is 0 Å². The molecule has 1 aromatic rings. The third-order valence-corrected chi connectivity index (χ3v) is 1.75. The van der Waals surface area contributed by atoms with Gasteiger partial charge in [0.2, 0.25) is 10.0 Å². The summed E-state index contributed by atoms with van der Waals surface area (Å²) in [6, 6.07) is 1.71. The highest BCUT2D eigenvalue weighted by atomic mass is 32.2. The highest BCUT2D eigenvalue weighted by molar-refractivity contribution is 7.88. The fourth-order valence-electron chi connectivity index (χ4n) is 0.592. The van der Waals surface area contributed by atoms with E-state index in [9.17, 15) is 8.42 Å². The molecule has 1 aromatic heterocycles. The molecule has 0 unspecified atom stereocenters. The molecule has 1 rings (SSSR count). The number of rotatable bonds is 3. The van der Waals surface area contributed by atoms with Gasteiger partial charge in [-0.25, -0.2) is 13.1 Å². The van der Waals surface area contributed by atoms with Gasteiger partial charge in [-0.2, -0.15) is 5.10 Å². The molecule has 0 fully saturated rings. The lowest BCUT2D eigenvalue weighted by atomic mass is 10.4. The molecular formula is C5H9N3O2S. The van der Waals surface area contributed by atoms with Crippen molar-refractivity contribution in [2.24, 2.45) is 0 Å². The van der Waals surface area contributed by atoms with Crippen LogP contribution < -0.4 is 4.72 Å². The summed E-state index contributed by atoms with van der Waals surface area (Å²) in [5, 5.41) is 6.30. The molecule has 0 amide bonds. The molecule has 0 saturated heterocycles. The van der Waals surface area contributed by atoms with Crippen molar-refractivity contribution < 1.29 is 8.42 Å². The van der Waals surface area contributed by atoms with Crippen molar-refractivity contribution in [1.82, 2.24) is 14.9 Å². The first kappa shape index (κ1) is 8.22. The van der Waals surface area contributed by atoms with E-state index < -0.39 is 10.0 Å². The van der Waals surface area contributed by atoms with Gasteiger partial charge in [0.25, 0.3) is 0 Å². The number of sulfonamides is 1. The van der Waals surface area contributed by atoms with Gasteiger partial charge in [0, 0.05) is 6.20 Å². The Bertz CT molecular complexity index is 302. The van der Waals surface area contributed by atoms with Gasteiger partial charge in [-0.15, -0.1) is 0 Å². The first-order valence-electron chi connectivity index (χ1n) is 3.01. The molecule has 0 spiro atoms. The second kappa shape index (κ2) is 3.02. The minimum Gasteiger partial charge on any atom is -0.281 e. The summed E-state index contributed by atoms with van der Waals surface area (Å²) >= 11 is 0. The van der Waals surface area contributed by atoms with E-state index in [0.29, 0.717) is 0 Å². The van der Waals surface area contributed by atoms with Gasteiger partial charge in [0.15, 0.2) is 0 Å². The zero-order valence-corrected chi connectivity index (χ0v) is 6.85. The van der Waals surface area contributed by atoms with Gasteiger partial charge in [-0.3, -0.25) is 5.10 Å². The van der Waals surface area contributed by atoms with Crippen LogP contribution in [0, 0.1) is 0 Å². The van der Waals surface area contributed by atoms with E-state index in [1.54, 1.807) is 12.3 Å². The molecule has 0 saturated carbocycles. The molecule has 62 valence electrons. The topological polar surface area (TPSA) is 74.8 Å². The van der Waals surface area contributed by atoms with Crippen molar-refractivity contribution in [3.8, 4) is 0 Å². The lowest BCUT2D eigenvalue weighted by molar-refractivity contribution is 0.586. The molecule has 6 heteroatoms. The largest absolute Gasteiger partial charge is 0.281 e. The van der Waals surface area contributed by atoms with Crippen LogP contribution >= 0.6 is 0 Å². The maximum Gasteiger partial charge on any atom is 0.209 e. The summed E-state index contributed by atoms with van der Waals surface area (Å²) in [4.78, 5) is 0. The molecule has 0 bridgehead atoms. The minimum atomic E-state index is -3.10. The maximum absolute atomic E-state index is 10.6. The van der Waals surface area contributed by atoms with E-state index in [2.05, 4.69) is 14.9 Å². The molecule has 0 radical (unpaired) electrons. The average molecular weight is 175 g/mol. The van der Waals surface area contributed by atoms with E-state index >= 15 is 0 Å². The molecule has 0 atom stereocenters. The van der Waals surface area contributed by atoms with Crippen molar-refractivity contribution in [2.75, 3.05) is 6.26 Å². The van der Waals surface area contributed by atoms with Crippen LogP contribution in [0.25, 0.3) is 0 Å². The fourth-order valence-corrected chi connectivity index (χ4v) is 1.01. The second-order valence-corrected chi connectivity index (χ2v) is 4.01. The lowest BCUT2D eigenvalue weighted by Crippen LogP contribution is -2.21. The first-order chi connectivity index (χ1) is 5.08. The van der Waals surface area contributed by atoms with Crippen molar-refractivity contribution in [2.45, 2.75) is 6.54 Å². The number of hydrogen-bond donors (Lipinski definition) is 2. The lowest BCUT2D eigenvalue weighted by Gasteiger charge is -1.97. The van der Waals surface area contributed by atoms with Gasteiger partial charge in [0.05, 0.1) is 18.5 Å². The number of H-pyrrole nitrogens is 1. The molecule has 0 aliphatic rings. The first-order valence-corrected chi connectivity index (χ1v) is 4.90. The summed E-state index contributed by atoms with van der Waals surface area (Å²) in [6.07, 6.45) is 2.68. The van der Waals surface area contributed by atoms with Crippen molar-refractivity contribution in [3.63, 3.8) is 0 Å². The summed E-state index contributed by atoms with van der Waals surface area (Å²) < 4.78 is 23.5. The van der Waals surface area contributed by atoms with Gasteiger partial charge >= 0.3 is 0 Å². The van der Waals surface area contributed by atoms with Gasteiger partial charge in [-0.1, -0.05) is 0 Å². The molecule has 0 aromatic carbocycles. The SMILES string of the molecule is CS(=O)(=O)NCc1ccn[nH]1. The number of nitrogens with zero attached hydrogens (tertiary/aromatic N) is 1. The summed E-state index contributed by atoms with van der Waals surface area (Å²) in [7, 11) is -3.10. The van der Waals surface area contributed by atoms with Gasteiger partial charge in [-0.05, 0) is 6.07 Å². The Morgan fingerprint density at radius 2 is 2.45 bits per heavy atom. The smallest absolute Gasteiger partial charge is 0.209 e. The Morgan fingerprint density at radius 1 is 1.73 bits per heavy atom. The summed E-state index contributed by atoms with van der Waals surface area (Å²) in [5.74, 6) is 0. The van der Waals surface area contributed by atoms with Crippen molar-refractivity contribution in [1.29, 1.82) is 0 Å². The zero-order chi connectivity index (χ0) is 8.32. The van der Waals surface area contributed by atoms with Crippen LogP contribution in [0.2, 0.25) is 0 Å². The molecular weight excluding hydrogens is 166 g/mol. The minimum absolute atomic E-state index is 0.263. The molecule has 1 heterocycles. The van der Waals surface area contributed by atoms with Crippen molar-refractivity contribution >= 4 is 10.0 Å². The monoisotopic (exact) mass is 175 g/mol. The van der Waals surface area contributed by atoms with Crippen LogP contribution in [0.5, 0.6) is 0 Å². The van der Waals surface area contributed by atoms with Crippen LogP contribution in [0.1, 0.15) is 5.69 Å². The van der Waals surface area contributed by atoms with E-state index in [-0.39, 0.29) is 6.54 Å². The fraction of sp³-hybridized carbons (Fsp3) is 0.400. The van der Waals surface area contributed by atoms with Crippen molar-refractivity contribution in [3.05, 3.63) is 18.0 Å². The maximum atomic E-state index is 10.6. The standard InChI is InChI=1S/C5H9N3O2S/c1-11(9,10)7-4-5-2-3-6-8-5/h2-3,7H,4H2,1H3,(H,6,8). The second-order valence-electron chi connectivity index (χ2n) is 2.18. The number of nitrogens with one attached hydrogen (secondary N) is 2. The predicted octanol–water partition coefficient (Wildman–Crippen LogP) is -0.541. The highest BCUT2D eigenvalue weighted by Gasteiger charge is 2.00. The molecule has 5 nitrogen and oxygen atoms in total. The summed E-state index contributed by atoms with van der Waals surface area (Å²) in [5.41, 5.74) is 0.746. The number of hydrogen-bond acceptors (Lipinski definition) is 3.